The monoisotopic (exact) mass is 1090 g/mol. The summed E-state index contributed by atoms with van der Waals surface area (Å²) >= 11 is 0. The number of benzene rings is 5. The van der Waals surface area contributed by atoms with Crippen LogP contribution in [0, 0.1) is 0 Å². The highest BCUT2D eigenvalue weighted by atomic mass is 16.5. The maximum Gasteiger partial charge on any atom is 0.338 e. The summed E-state index contributed by atoms with van der Waals surface area (Å²) < 4.78 is 11.4. The van der Waals surface area contributed by atoms with Crippen molar-refractivity contribution in [2.75, 3.05) is 66.6 Å². The average molecular weight is 1090 g/mol. The van der Waals surface area contributed by atoms with E-state index in [1.165, 1.54) is 24.3 Å². The van der Waals surface area contributed by atoms with Gasteiger partial charge >= 0.3 is 11.9 Å². The number of ether oxygens (including phenoxy) is 2. The lowest BCUT2D eigenvalue weighted by atomic mass is 10.1. The van der Waals surface area contributed by atoms with Gasteiger partial charge in [0, 0.05) is 62.5 Å². The highest BCUT2D eigenvalue weighted by Gasteiger charge is 2.39. The molecule has 5 aromatic carbocycles. The van der Waals surface area contributed by atoms with Crippen molar-refractivity contribution in [3.8, 4) is 0 Å². The SMILES string of the molecule is CN[C@@H](C)C(=O)N[C@@H](COC(=O)c1ccc(C(=O)OC[C@H](NC(=O)[C@H](C)NC)C(=O)N2CCC[C@H]2CN(CCc2ccccc2)C(=O)c2ccccc2)cc1)C(=O)N1CCC[C@H]1CN(CCc1ccccc1)C(=O)c1ccccc1. The fourth-order valence-electron chi connectivity index (χ4n) is 9.87. The van der Waals surface area contributed by atoms with Crippen LogP contribution in [0.15, 0.2) is 146 Å². The summed E-state index contributed by atoms with van der Waals surface area (Å²) in [5.41, 5.74) is 3.27. The number of nitrogens with one attached hydrogen (secondary N) is 4. The van der Waals surface area contributed by atoms with E-state index in [4.69, 9.17) is 9.47 Å². The second-order valence-electron chi connectivity index (χ2n) is 20.3. The Balaban J connectivity index is 0.994. The van der Waals surface area contributed by atoms with Crippen LogP contribution < -0.4 is 21.3 Å². The summed E-state index contributed by atoms with van der Waals surface area (Å²) in [6.45, 7) is 4.33. The van der Waals surface area contributed by atoms with Crippen LogP contribution in [0.2, 0.25) is 0 Å². The van der Waals surface area contributed by atoms with E-state index in [9.17, 15) is 38.4 Å². The predicted octanol–water partition coefficient (Wildman–Crippen LogP) is 4.94. The lowest BCUT2D eigenvalue weighted by Crippen LogP contribution is -2.56. The zero-order valence-electron chi connectivity index (χ0n) is 46.1. The van der Waals surface area contributed by atoms with Gasteiger partial charge in [0.05, 0.1) is 23.2 Å². The van der Waals surface area contributed by atoms with Crippen LogP contribution in [0.3, 0.4) is 0 Å². The first-order valence-electron chi connectivity index (χ1n) is 27.5. The van der Waals surface area contributed by atoms with E-state index in [0.717, 1.165) is 11.1 Å². The molecular formula is C62H74N8O10. The third-order valence-electron chi connectivity index (χ3n) is 14.8. The number of hydrogen-bond acceptors (Lipinski definition) is 12. The van der Waals surface area contributed by atoms with Crippen LogP contribution in [0.25, 0.3) is 0 Å². The lowest BCUT2D eigenvalue weighted by Gasteiger charge is -2.33. The number of carbonyl (C=O) groups excluding carboxylic acids is 8. The van der Waals surface area contributed by atoms with E-state index in [1.807, 2.05) is 97.1 Å². The molecule has 0 saturated carbocycles. The highest BCUT2D eigenvalue weighted by Crippen LogP contribution is 2.24. The summed E-state index contributed by atoms with van der Waals surface area (Å²) in [6.07, 6.45) is 3.77. The van der Waals surface area contributed by atoms with E-state index < -0.39 is 72.9 Å². The van der Waals surface area contributed by atoms with Gasteiger partial charge in [-0.25, -0.2) is 9.59 Å². The van der Waals surface area contributed by atoms with Gasteiger partial charge in [-0.05, 0) is 126 Å². The van der Waals surface area contributed by atoms with Gasteiger partial charge in [0.2, 0.25) is 23.6 Å². The third kappa shape index (κ3) is 16.4. The summed E-state index contributed by atoms with van der Waals surface area (Å²) in [4.78, 5) is 118. The van der Waals surface area contributed by atoms with Crippen LogP contribution >= 0.6 is 0 Å². The summed E-state index contributed by atoms with van der Waals surface area (Å²) in [5.74, 6) is -3.87. The summed E-state index contributed by atoms with van der Waals surface area (Å²) in [5, 5.41) is 11.3. The van der Waals surface area contributed by atoms with Crippen molar-refractivity contribution in [3.05, 3.63) is 179 Å². The Bertz CT molecular complexity index is 2670. The summed E-state index contributed by atoms with van der Waals surface area (Å²) in [7, 11) is 3.22. The molecule has 2 saturated heterocycles. The molecule has 0 unspecified atom stereocenters. The predicted molar refractivity (Wildman–Crippen MR) is 302 cm³/mol. The van der Waals surface area contributed by atoms with Crippen molar-refractivity contribution in [2.45, 2.75) is 88.6 Å². The third-order valence-corrected chi connectivity index (χ3v) is 14.8. The summed E-state index contributed by atoms with van der Waals surface area (Å²) in [6, 6.07) is 38.4. The van der Waals surface area contributed by atoms with Gasteiger partial charge in [0.1, 0.15) is 25.3 Å². The minimum Gasteiger partial charge on any atom is -0.459 e. The van der Waals surface area contributed by atoms with Crippen molar-refractivity contribution in [2.24, 2.45) is 0 Å². The van der Waals surface area contributed by atoms with Gasteiger partial charge in [0.25, 0.3) is 11.8 Å². The van der Waals surface area contributed by atoms with E-state index in [0.29, 0.717) is 75.8 Å². The maximum absolute atomic E-state index is 14.5. The van der Waals surface area contributed by atoms with Gasteiger partial charge in [-0.1, -0.05) is 97.1 Å². The number of esters is 2. The number of likely N-dealkylation sites (N-methyl/N-ethyl adjacent to an activating group) is 2. The average Bonchev–Trinajstić information content (AvgIpc) is 4.19. The largest absolute Gasteiger partial charge is 0.459 e. The molecule has 2 aliphatic rings. The lowest BCUT2D eigenvalue weighted by molar-refractivity contribution is -0.139. The Morgan fingerprint density at radius 1 is 0.487 bits per heavy atom. The molecule has 2 fully saturated rings. The molecule has 18 nitrogen and oxygen atoms in total. The number of amides is 6. The Morgan fingerprint density at radius 3 is 1.16 bits per heavy atom. The molecule has 0 spiro atoms. The van der Waals surface area contributed by atoms with E-state index in [1.54, 1.807) is 71.8 Å². The van der Waals surface area contributed by atoms with Crippen LogP contribution in [-0.2, 0) is 41.5 Å². The number of nitrogens with zero attached hydrogens (tertiary/aromatic N) is 4. The molecule has 7 rings (SSSR count). The molecule has 2 aliphatic heterocycles. The quantitative estimate of drug-likeness (QED) is 0.0543. The highest BCUT2D eigenvalue weighted by molar-refractivity contribution is 5.96. The topological polar surface area (TPSA) is 216 Å². The molecule has 6 atom stereocenters. The Labute approximate surface area is 468 Å². The molecule has 422 valence electrons. The van der Waals surface area contributed by atoms with Crippen LogP contribution in [0.5, 0.6) is 0 Å². The molecule has 0 aromatic heterocycles. The molecule has 4 N–H and O–H groups in total. The zero-order valence-corrected chi connectivity index (χ0v) is 46.1. The Kier molecular flexibility index (Phi) is 22.0. The molecule has 18 heteroatoms. The van der Waals surface area contributed by atoms with Gasteiger partial charge in [-0.3, -0.25) is 28.8 Å². The molecule has 0 radical (unpaired) electrons. The first-order valence-corrected chi connectivity index (χ1v) is 27.5. The molecule has 6 amide bonds. The number of likely N-dealkylation sites (tertiary alicyclic amines) is 2. The zero-order chi connectivity index (χ0) is 57.0. The van der Waals surface area contributed by atoms with Crippen LogP contribution in [0.4, 0.5) is 0 Å². The smallest absolute Gasteiger partial charge is 0.338 e. The van der Waals surface area contributed by atoms with Crippen LogP contribution in [0.1, 0.15) is 92.1 Å². The fraction of sp³-hybridized carbons (Fsp3) is 0.387. The number of carbonyl (C=O) groups is 8. The molecule has 80 heavy (non-hydrogen) atoms. The van der Waals surface area contributed by atoms with Gasteiger partial charge in [-0.15, -0.1) is 0 Å². The molecular weight excluding hydrogens is 1020 g/mol. The number of rotatable bonds is 26. The molecule has 0 bridgehead atoms. The minimum atomic E-state index is -1.27. The molecule has 0 aliphatic carbocycles. The second kappa shape index (κ2) is 29.7. The van der Waals surface area contributed by atoms with Crippen molar-refractivity contribution in [3.63, 3.8) is 0 Å². The van der Waals surface area contributed by atoms with Crippen molar-refractivity contribution >= 4 is 47.4 Å². The maximum atomic E-state index is 14.5. The molecule has 5 aromatic rings. The minimum absolute atomic E-state index is 0.0419. The normalized spacial score (nSPS) is 16.4. The fourth-order valence-corrected chi connectivity index (χ4v) is 9.87. The second-order valence-corrected chi connectivity index (χ2v) is 20.3. The van der Waals surface area contributed by atoms with E-state index in [2.05, 4.69) is 21.3 Å². The van der Waals surface area contributed by atoms with Crippen molar-refractivity contribution in [1.29, 1.82) is 0 Å². The first-order chi connectivity index (χ1) is 38.7. The van der Waals surface area contributed by atoms with E-state index in [-0.39, 0.29) is 48.1 Å². The standard InChI is InChI=1S/C62H74N8O10/c1-43(63-3)55(71)65-53(59(75)69-35-17-27-51(69)39-67(37-33-45-19-9-5-10-20-45)57(73)47-23-13-7-14-24-47)41-79-61(77)49-29-31-50(32-30-49)62(78)80-42-54(66-56(72)44(2)64-4)60(76)70-36-18-28-52(70)40-68(38-34-46-21-11-6-12-22-46)58(74)48-25-15-8-16-26-48/h5-16,19-26,29-32,43-44,51-54,63-64H,17-18,27-28,33-42H2,1-4H3,(H,65,71)(H,66,72)/t43-,44-,51-,52-,53-,54-/m0/s1. The molecule has 2 heterocycles. The van der Waals surface area contributed by atoms with Crippen LogP contribution in [-0.4, -0.2) is 170 Å². The Hall–Kier alpha value is -8.22. The number of hydrogen-bond donors (Lipinski definition) is 4. The van der Waals surface area contributed by atoms with E-state index >= 15 is 0 Å². The van der Waals surface area contributed by atoms with Crippen molar-refractivity contribution in [1.82, 2.24) is 40.9 Å². The van der Waals surface area contributed by atoms with Gasteiger partial charge in [0.15, 0.2) is 0 Å². The first kappa shape index (κ1) is 59.4. The van der Waals surface area contributed by atoms with Gasteiger partial charge < -0.3 is 50.3 Å². The van der Waals surface area contributed by atoms with Crippen molar-refractivity contribution < 1.29 is 47.8 Å². The Morgan fingerprint density at radius 2 is 0.825 bits per heavy atom. The van der Waals surface area contributed by atoms with Gasteiger partial charge in [-0.2, -0.15) is 0 Å².